The number of aromatic nitrogens is 1. The van der Waals surface area contributed by atoms with Crippen molar-refractivity contribution in [2.24, 2.45) is 0 Å². The van der Waals surface area contributed by atoms with Gasteiger partial charge in [0.1, 0.15) is 5.75 Å². The molecule has 0 bridgehead atoms. The second-order valence-corrected chi connectivity index (χ2v) is 6.19. The van der Waals surface area contributed by atoms with Crippen molar-refractivity contribution in [1.29, 1.82) is 0 Å². The van der Waals surface area contributed by atoms with Gasteiger partial charge in [-0.2, -0.15) is 0 Å². The molecule has 5 heteroatoms. The number of rotatable bonds is 3. The Morgan fingerprint density at radius 2 is 2.30 bits per heavy atom. The lowest BCUT2D eigenvalue weighted by Crippen LogP contribution is -2.22. The van der Waals surface area contributed by atoms with E-state index < -0.39 is 0 Å². The van der Waals surface area contributed by atoms with Crippen LogP contribution < -0.4 is 0 Å². The Balaban J connectivity index is 1.81. The van der Waals surface area contributed by atoms with E-state index in [4.69, 9.17) is 4.52 Å². The average Bonchev–Trinajstić information content (AvgIpc) is 3.02. The van der Waals surface area contributed by atoms with Crippen LogP contribution in [0.2, 0.25) is 0 Å². The Hall–Kier alpha value is -1.33. The predicted molar refractivity (Wildman–Crippen MR) is 79.4 cm³/mol. The van der Waals surface area contributed by atoms with E-state index in [2.05, 4.69) is 26.0 Å². The minimum Gasteiger partial charge on any atom is -0.508 e. The zero-order valence-electron chi connectivity index (χ0n) is 11.3. The number of phenols is 1. The monoisotopic (exact) mass is 336 g/mol. The van der Waals surface area contributed by atoms with Gasteiger partial charge < -0.3 is 9.63 Å². The van der Waals surface area contributed by atoms with Gasteiger partial charge in [0.25, 0.3) is 0 Å². The zero-order valence-corrected chi connectivity index (χ0v) is 12.9. The highest BCUT2D eigenvalue weighted by Crippen LogP contribution is 2.35. The Morgan fingerprint density at radius 3 is 3.05 bits per heavy atom. The quantitative estimate of drug-likeness (QED) is 0.926. The number of aromatic hydroxyl groups is 1. The summed E-state index contributed by atoms with van der Waals surface area (Å²) in [6, 6.07) is 7.80. The first kappa shape index (κ1) is 13.6. The van der Waals surface area contributed by atoms with E-state index in [1.807, 2.05) is 25.1 Å². The molecule has 0 radical (unpaired) electrons. The minimum atomic E-state index is 0.259. The summed E-state index contributed by atoms with van der Waals surface area (Å²) in [4.78, 5) is 2.33. The largest absolute Gasteiger partial charge is 0.508 e. The summed E-state index contributed by atoms with van der Waals surface area (Å²) in [5, 5.41) is 13.9. The molecule has 1 saturated heterocycles. The molecule has 3 rings (SSSR count). The highest BCUT2D eigenvalue weighted by Gasteiger charge is 2.29. The lowest BCUT2D eigenvalue weighted by atomic mass is 10.1. The van der Waals surface area contributed by atoms with Crippen LogP contribution in [0.5, 0.6) is 5.75 Å². The molecule has 1 aromatic carbocycles. The zero-order chi connectivity index (χ0) is 14.1. The van der Waals surface area contributed by atoms with Crippen molar-refractivity contribution in [3.63, 3.8) is 0 Å². The number of hydrogen-bond donors (Lipinski definition) is 1. The Labute approximate surface area is 126 Å². The summed E-state index contributed by atoms with van der Waals surface area (Å²) in [6.07, 6.45) is 2.21. The molecular weight excluding hydrogens is 320 g/mol. The molecule has 0 amide bonds. The standard InChI is InChI=1S/C15H17BrN2O2/c1-10-7-15(20-17-10)13-3-2-6-18(13)9-11-8-12(16)4-5-14(11)19/h4-5,7-8,13,19H,2-3,6,9H2,1H3/t13-/m0/s1. The molecule has 1 fully saturated rings. The Kier molecular flexibility index (Phi) is 3.81. The number of halogens is 1. The fourth-order valence-corrected chi connectivity index (χ4v) is 3.19. The molecule has 0 aliphatic carbocycles. The van der Waals surface area contributed by atoms with Crippen LogP contribution in [-0.2, 0) is 6.54 Å². The number of aryl methyl sites for hydroxylation is 1. The summed E-state index contributed by atoms with van der Waals surface area (Å²) < 4.78 is 6.39. The highest BCUT2D eigenvalue weighted by atomic mass is 79.9. The van der Waals surface area contributed by atoms with Gasteiger partial charge in [-0.15, -0.1) is 0 Å². The van der Waals surface area contributed by atoms with Crippen molar-refractivity contribution in [3.8, 4) is 5.75 Å². The number of benzene rings is 1. The van der Waals surface area contributed by atoms with E-state index in [1.165, 1.54) is 0 Å². The summed E-state index contributed by atoms with van der Waals surface area (Å²) >= 11 is 3.45. The molecule has 0 unspecified atom stereocenters. The molecule has 1 N–H and O–H groups in total. The van der Waals surface area contributed by atoms with Crippen LogP contribution >= 0.6 is 15.9 Å². The third-order valence-corrected chi connectivity index (χ3v) is 4.25. The van der Waals surface area contributed by atoms with Crippen molar-refractivity contribution >= 4 is 15.9 Å². The van der Waals surface area contributed by atoms with E-state index in [1.54, 1.807) is 6.07 Å². The van der Waals surface area contributed by atoms with E-state index in [-0.39, 0.29) is 6.04 Å². The van der Waals surface area contributed by atoms with Gasteiger partial charge in [-0.05, 0) is 44.5 Å². The van der Waals surface area contributed by atoms with Crippen molar-refractivity contribution in [1.82, 2.24) is 10.1 Å². The first-order valence-electron chi connectivity index (χ1n) is 6.78. The molecule has 1 aromatic heterocycles. The topological polar surface area (TPSA) is 49.5 Å². The van der Waals surface area contributed by atoms with Crippen molar-refractivity contribution in [2.45, 2.75) is 32.4 Å². The summed E-state index contributed by atoms with van der Waals surface area (Å²) in [5.41, 5.74) is 1.85. The molecule has 4 nitrogen and oxygen atoms in total. The van der Waals surface area contributed by atoms with E-state index in [0.717, 1.165) is 47.4 Å². The molecule has 2 heterocycles. The molecule has 1 atom stereocenters. The number of nitrogens with zero attached hydrogens (tertiary/aromatic N) is 2. The first-order valence-corrected chi connectivity index (χ1v) is 7.57. The maximum atomic E-state index is 9.97. The third kappa shape index (κ3) is 2.74. The SMILES string of the molecule is Cc1cc([C@@H]2CCCN2Cc2cc(Br)ccc2O)on1. The second-order valence-electron chi connectivity index (χ2n) is 5.27. The van der Waals surface area contributed by atoms with Gasteiger partial charge in [0.2, 0.25) is 0 Å². The van der Waals surface area contributed by atoms with E-state index in [9.17, 15) is 5.11 Å². The Morgan fingerprint density at radius 1 is 1.45 bits per heavy atom. The minimum absolute atomic E-state index is 0.259. The van der Waals surface area contributed by atoms with Crippen LogP contribution in [-0.4, -0.2) is 21.7 Å². The van der Waals surface area contributed by atoms with Crippen LogP contribution in [0, 0.1) is 6.92 Å². The Bertz CT molecular complexity index is 612. The maximum Gasteiger partial charge on any atom is 0.154 e. The number of likely N-dealkylation sites (tertiary alicyclic amines) is 1. The van der Waals surface area contributed by atoms with Crippen molar-refractivity contribution in [3.05, 3.63) is 45.8 Å². The molecule has 0 spiro atoms. The van der Waals surface area contributed by atoms with Crippen LogP contribution in [0.4, 0.5) is 0 Å². The lowest BCUT2D eigenvalue weighted by molar-refractivity contribution is 0.204. The number of phenolic OH excluding ortho intramolecular Hbond substituents is 1. The van der Waals surface area contributed by atoms with E-state index >= 15 is 0 Å². The van der Waals surface area contributed by atoms with Crippen LogP contribution in [0.15, 0.2) is 33.3 Å². The fraction of sp³-hybridized carbons (Fsp3) is 0.400. The van der Waals surface area contributed by atoms with Crippen molar-refractivity contribution in [2.75, 3.05) is 6.54 Å². The summed E-state index contributed by atoms with van der Waals surface area (Å²) in [6.45, 7) is 3.67. The van der Waals surface area contributed by atoms with Gasteiger partial charge in [0, 0.05) is 22.6 Å². The molecule has 2 aromatic rings. The highest BCUT2D eigenvalue weighted by molar-refractivity contribution is 9.10. The van der Waals surface area contributed by atoms with Gasteiger partial charge in [-0.1, -0.05) is 21.1 Å². The van der Waals surface area contributed by atoms with Gasteiger partial charge in [0.05, 0.1) is 11.7 Å². The lowest BCUT2D eigenvalue weighted by Gasteiger charge is -2.22. The smallest absolute Gasteiger partial charge is 0.154 e. The third-order valence-electron chi connectivity index (χ3n) is 3.75. The van der Waals surface area contributed by atoms with Gasteiger partial charge in [-0.3, -0.25) is 4.90 Å². The van der Waals surface area contributed by atoms with Gasteiger partial charge in [0.15, 0.2) is 5.76 Å². The molecule has 106 valence electrons. The van der Waals surface area contributed by atoms with E-state index in [0.29, 0.717) is 5.75 Å². The molecule has 1 aliphatic heterocycles. The van der Waals surface area contributed by atoms with Crippen LogP contribution in [0.25, 0.3) is 0 Å². The summed E-state index contributed by atoms with van der Waals surface area (Å²) in [5.74, 6) is 1.27. The van der Waals surface area contributed by atoms with Crippen LogP contribution in [0.1, 0.15) is 35.9 Å². The molecular formula is C15H17BrN2O2. The molecule has 0 saturated carbocycles. The second kappa shape index (κ2) is 5.58. The molecule has 1 aliphatic rings. The average molecular weight is 337 g/mol. The van der Waals surface area contributed by atoms with Gasteiger partial charge >= 0.3 is 0 Å². The number of hydrogen-bond acceptors (Lipinski definition) is 4. The van der Waals surface area contributed by atoms with Gasteiger partial charge in [-0.25, -0.2) is 0 Å². The summed E-state index contributed by atoms with van der Waals surface area (Å²) in [7, 11) is 0. The van der Waals surface area contributed by atoms with Crippen molar-refractivity contribution < 1.29 is 9.63 Å². The maximum absolute atomic E-state index is 9.97. The van der Waals surface area contributed by atoms with Crippen LogP contribution in [0.3, 0.4) is 0 Å². The first-order chi connectivity index (χ1) is 9.63. The fourth-order valence-electron chi connectivity index (χ4n) is 2.78. The molecule has 20 heavy (non-hydrogen) atoms. The normalized spacial score (nSPS) is 19.6. The predicted octanol–water partition coefficient (Wildman–Crippen LogP) is 3.79.